The van der Waals surface area contributed by atoms with E-state index in [-0.39, 0.29) is 30.6 Å². The first-order chi connectivity index (χ1) is 12.4. The number of carbonyl (C=O) groups is 2. The zero-order valence-corrected chi connectivity index (χ0v) is 15.5. The molecule has 0 fully saturated rings. The highest BCUT2D eigenvalue weighted by Crippen LogP contribution is 2.15. The monoisotopic (exact) mass is 356 g/mol. The maximum atomic E-state index is 14.1. The van der Waals surface area contributed by atoms with Gasteiger partial charge < -0.3 is 10.2 Å². The van der Waals surface area contributed by atoms with E-state index in [9.17, 15) is 14.0 Å². The summed E-state index contributed by atoms with van der Waals surface area (Å²) >= 11 is 0. The van der Waals surface area contributed by atoms with Gasteiger partial charge >= 0.3 is 0 Å². The van der Waals surface area contributed by atoms with Gasteiger partial charge in [0.25, 0.3) is 0 Å². The molecule has 0 heterocycles. The van der Waals surface area contributed by atoms with Crippen molar-refractivity contribution in [3.05, 3.63) is 71.0 Å². The number of benzene rings is 2. The maximum absolute atomic E-state index is 14.1. The largest absolute Gasteiger partial charge is 0.355 e. The Kier molecular flexibility index (Phi) is 6.89. The maximum Gasteiger partial charge on any atom is 0.242 e. The van der Waals surface area contributed by atoms with Crippen LogP contribution < -0.4 is 5.32 Å². The third-order valence-corrected chi connectivity index (χ3v) is 4.25. The standard InChI is InChI=1S/C21H25FN2O2/c1-4-23-21(26)16(3)24(14-18-10-5-6-11-19(18)22)20(25)13-17-9-7-8-15(2)12-17/h5-12,16H,4,13-14H2,1-3H3,(H,23,26). The summed E-state index contributed by atoms with van der Waals surface area (Å²) in [6.07, 6.45) is 0.167. The summed E-state index contributed by atoms with van der Waals surface area (Å²) in [6, 6.07) is 13.3. The lowest BCUT2D eigenvalue weighted by Gasteiger charge is -2.29. The highest BCUT2D eigenvalue weighted by atomic mass is 19.1. The van der Waals surface area contributed by atoms with Gasteiger partial charge in [0.15, 0.2) is 0 Å². The van der Waals surface area contributed by atoms with Gasteiger partial charge in [-0.05, 0) is 32.4 Å². The van der Waals surface area contributed by atoms with Crippen molar-refractivity contribution in [1.82, 2.24) is 10.2 Å². The van der Waals surface area contributed by atoms with E-state index in [1.807, 2.05) is 38.1 Å². The number of aryl methyl sites for hydroxylation is 1. The Morgan fingerprint density at radius 1 is 1.15 bits per heavy atom. The lowest BCUT2D eigenvalue weighted by molar-refractivity contribution is -0.140. The van der Waals surface area contributed by atoms with E-state index in [0.717, 1.165) is 11.1 Å². The fraction of sp³-hybridized carbons (Fsp3) is 0.333. The zero-order valence-electron chi connectivity index (χ0n) is 15.5. The number of rotatable bonds is 7. The molecule has 1 atom stereocenters. The normalized spacial score (nSPS) is 11.7. The highest BCUT2D eigenvalue weighted by Gasteiger charge is 2.26. The molecule has 0 radical (unpaired) electrons. The van der Waals surface area contributed by atoms with Crippen LogP contribution in [0.2, 0.25) is 0 Å². The summed E-state index contributed by atoms with van der Waals surface area (Å²) < 4.78 is 14.1. The number of nitrogens with one attached hydrogen (secondary N) is 1. The van der Waals surface area contributed by atoms with Gasteiger partial charge in [0, 0.05) is 18.7 Å². The molecule has 0 aliphatic heterocycles. The third-order valence-electron chi connectivity index (χ3n) is 4.25. The molecule has 0 saturated heterocycles. The van der Waals surface area contributed by atoms with Gasteiger partial charge in [-0.25, -0.2) is 4.39 Å². The molecule has 2 amide bonds. The van der Waals surface area contributed by atoms with Crippen LogP contribution in [-0.4, -0.2) is 29.3 Å². The van der Waals surface area contributed by atoms with Crippen molar-refractivity contribution in [2.45, 2.75) is 39.8 Å². The van der Waals surface area contributed by atoms with Crippen LogP contribution in [-0.2, 0) is 22.6 Å². The van der Waals surface area contributed by atoms with E-state index < -0.39 is 6.04 Å². The fourth-order valence-electron chi connectivity index (χ4n) is 2.81. The molecule has 0 aliphatic rings. The van der Waals surface area contributed by atoms with Gasteiger partial charge in [-0.2, -0.15) is 0 Å². The molecule has 0 aliphatic carbocycles. The summed E-state index contributed by atoms with van der Waals surface area (Å²) in [7, 11) is 0. The van der Waals surface area contributed by atoms with Gasteiger partial charge in [0.05, 0.1) is 6.42 Å². The second-order valence-corrected chi connectivity index (χ2v) is 6.35. The summed E-state index contributed by atoms with van der Waals surface area (Å²) in [5, 5.41) is 2.73. The Morgan fingerprint density at radius 2 is 1.88 bits per heavy atom. The smallest absolute Gasteiger partial charge is 0.242 e. The number of hydrogen-bond donors (Lipinski definition) is 1. The van der Waals surface area contributed by atoms with Crippen LogP contribution in [0.1, 0.15) is 30.5 Å². The van der Waals surface area contributed by atoms with E-state index in [0.29, 0.717) is 12.1 Å². The van der Waals surface area contributed by atoms with E-state index in [1.54, 1.807) is 25.1 Å². The van der Waals surface area contributed by atoms with Crippen LogP contribution in [0.15, 0.2) is 48.5 Å². The number of carbonyl (C=O) groups excluding carboxylic acids is 2. The summed E-state index contributed by atoms with van der Waals surface area (Å²) in [6.45, 7) is 5.97. The van der Waals surface area contributed by atoms with Gasteiger partial charge in [-0.1, -0.05) is 48.0 Å². The number of hydrogen-bond acceptors (Lipinski definition) is 2. The average molecular weight is 356 g/mol. The molecule has 0 bridgehead atoms. The van der Waals surface area contributed by atoms with Crippen LogP contribution in [0.5, 0.6) is 0 Å². The number of likely N-dealkylation sites (N-methyl/N-ethyl adjacent to an activating group) is 1. The Balaban J connectivity index is 2.25. The van der Waals surface area contributed by atoms with E-state index in [4.69, 9.17) is 0 Å². The first-order valence-corrected chi connectivity index (χ1v) is 8.78. The summed E-state index contributed by atoms with van der Waals surface area (Å²) in [5.74, 6) is -0.844. The lowest BCUT2D eigenvalue weighted by atomic mass is 10.1. The number of nitrogens with zero attached hydrogens (tertiary/aromatic N) is 1. The van der Waals surface area contributed by atoms with E-state index in [2.05, 4.69) is 5.32 Å². The molecule has 2 aromatic carbocycles. The molecule has 26 heavy (non-hydrogen) atoms. The van der Waals surface area contributed by atoms with Gasteiger partial charge in [-0.15, -0.1) is 0 Å². The highest BCUT2D eigenvalue weighted by molar-refractivity contribution is 5.88. The van der Waals surface area contributed by atoms with Crippen molar-refractivity contribution in [1.29, 1.82) is 0 Å². The average Bonchev–Trinajstić information content (AvgIpc) is 2.60. The predicted molar refractivity (Wildman–Crippen MR) is 100.0 cm³/mol. The molecule has 0 spiro atoms. The number of amides is 2. The minimum Gasteiger partial charge on any atom is -0.355 e. The molecule has 1 N–H and O–H groups in total. The van der Waals surface area contributed by atoms with Crippen LogP contribution in [0.3, 0.4) is 0 Å². The van der Waals surface area contributed by atoms with Crippen molar-refractivity contribution < 1.29 is 14.0 Å². The van der Waals surface area contributed by atoms with Crippen LogP contribution in [0.25, 0.3) is 0 Å². The van der Waals surface area contributed by atoms with Crippen molar-refractivity contribution in [3.8, 4) is 0 Å². The fourth-order valence-corrected chi connectivity index (χ4v) is 2.81. The molecule has 138 valence electrons. The minimum absolute atomic E-state index is 0.0512. The van der Waals surface area contributed by atoms with Crippen LogP contribution in [0.4, 0.5) is 4.39 Å². The topological polar surface area (TPSA) is 49.4 Å². The van der Waals surface area contributed by atoms with Gasteiger partial charge in [0.1, 0.15) is 11.9 Å². The summed E-state index contributed by atoms with van der Waals surface area (Å²) in [5.41, 5.74) is 2.32. The van der Waals surface area contributed by atoms with Crippen LogP contribution in [0, 0.1) is 12.7 Å². The molecular weight excluding hydrogens is 331 g/mol. The Bertz CT molecular complexity index is 776. The van der Waals surface area contributed by atoms with E-state index >= 15 is 0 Å². The van der Waals surface area contributed by atoms with Crippen molar-refractivity contribution in [3.63, 3.8) is 0 Å². The molecule has 1 unspecified atom stereocenters. The molecule has 0 aromatic heterocycles. The molecular formula is C21H25FN2O2. The first kappa shape index (κ1) is 19.6. The SMILES string of the molecule is CCNC(=O)C(C)N(Cc1ccccc1F)C(=O)Cc1cccc(C)c1. The molecule has 4 nitrogen and oxygen atoms in total. The second kappa shape index (κ2) is 9.13. The molecule has 5 heteroatoms. The minimum atomic E-state index is -0.688. The predicted octanol–water partition coefficient (Wildman–Crippen LogP) is 3.23. The van der Waals surface area contributed by atoms with Gasteiger partial charge in [0.2, 0.25) is 11.8 Å². The first-order valence-electron chi connectivity index (χ1n) is 8.78. The molecule has 2 rings (SSSR count). The summed E-state index contributed by atoms with van der Waals surface area (Å²) in [4.78, 5) is 26.6. The molecule has 2 aromatic rings. The van der Waals surface area contributed by atoms with E-state index in [1.165, 1.54) is 11.0 Å². The zero-order chi connectivity index (χ0) is 19.1. The quantitative estimate of drug-likeness (QED) is 0.828. The van der Waals surface area contributed by atoms with Crippen LogP contribution >= 0.6 is 0 Å². The Labute approximate surface area is 154 Å². The molecule has 0 saturated carbocycles. The second-order valence-electron chi connectivity index (χ2n) is 6.35. The van der Waals surface area contributed by atoms with Crippen molar-refractivity contribution in [2.75, 3.05) is 6.54 Å². The van der Waals surface area contributed by atoms with Crippen molar-refractivity contribution in [2.24, 2.45) is 0 Å². The third kappa shape index (κ3) is 5.15. The van der Waals surface area contributed by atoms with Crippen molar-refractivity contribution >= 4 is 11.8 Å². The lowest BCUT2D eigenvalue weighted by Crippen LogP contribution is -2.48. The Morgan fingerprint density at radius 3 is 2.54 bits per heavy atom. The number of halogens is 1. The van der Waals surface area contributed by atoms with Gasteiger partial charge in [-0.3, -0.25) is 9.59 Å². The Hall–Kier alpha value is -2.69.